The number of carbonyl (C=O) groups excluding carboxylic acids is 3. The summed E-state index contributed by atoms with van der Waals surface area (Å²) in [5.41, 5.74) is 1.62. The SMILES string of the molecule is CCC(C)(c1ccc(OCc2ccccc2)c(OC)c1)N1C(=O)c2cccc(NC(C)=O)c2C1=O. The van der Waals surface area contributed by atoms with Crippen molar-refractivity contribution in [3.05, 3.63) is 89.0 Å². The molecule has 1 aliphatic rings. The summed E-state index contributed by atoms with van der Waals surface area (Å²) < 4.78 is 11.6. The van der Waals surface area contributed by atoms with Crippen molar-refractivity contribution in [3.63, 3.8) is 0 Å². The van der Waals surface area contributed by atoms with Gasteiger partial charge in [-0.1, -0.05) is 49.4 Å². The highest BCUT2D eigenvalue weighted by Crippen LogP contribution is 2.42. The summed E-state index contributed by atoms with van der Waals surface area (Å²) in [5, 5.41) is 2.66. The van der Waals surface area contributed by atoms with Gasteiger partial charge in [0, 0.05) is 6.92 Å². The number of anilines is 1. The van der Waals surface area contributed by atoms with E-state index in [0.29, 0.717) is 30.2 Å². The quantitative estimate of drug-likeness (QED) is 0.458. The van der Waals surface area contributed by atoms with Gasteiger partial charge in [0.05, 0.1) is 29.5 Å². The van der Waals surface area contributed by atoms with E-state index in [4.69, 9.17) is 9.47 Å². The number of amides is 3. The van der Waals surface area contributed by atoms with Crippen LogP contribution in [-0.2, 0) is 16.9 Å². The molecule has 0 saturated heterocycles. The minimum absolute atomic E-state index is 0.210. The van der Waals surface area contributed by atoms with Crippen LogP contribution in [0.1, 0.15) is 59.0 Å². The summed E-state index contributed by atoms with van der Waals surface area (Å²) in [5.74, 6) is -0.0827. The number of methoxy groups -OCH3 is 1. The van der Waals surface area contributed by atoms with Gasteiger partial charge in [-0.2, -0.15) is 0 Å². The van der Waals surface area contributed by atoms with Crippen molar-refractivity contribution in [3.8, 4) is 11.5 Å². The lowest BCUT2D eigenvalue weighted by atomic mass is 9.87. The molecule has 1 heterocycles. The zero-order valence-electron chi connectivity index (χ0n) is 20.3. The average Bonchev–Trinajstić information content (AvgIpc) is 3.13. The number of rotatable bonds is 8. The van der Waals surface area contributed by atoms with Crippen LogP contribution in [0, 0.1) is 0 Å². The summed E-state index contributed by atoms with van der Waals surface area (Å²) in [6.45, 7) is 5.52. The molecule has 0 saturated carbocycles. The third-order valence-corrected chi connectivity index (χ3v) is 6.43. The van der Waals surface area contributed by atoms with E-state index in [2.05, 4.69) is 5.32 Å². The molecule has 0 fully saturated rings. The molecule has 0 bridgehead atoms. The number of hydrogen-bond acceptors (Lipinski definition) is 5. The largest absolute Gasteiger partial charge is 0.493 e. The smallest absolute Gasteiger partial charge is 0.264 e. The van der Waals surface area contributed by atoms with Crippen molar-refractivity contribution in [2.75, 3.05) is 12.4 Å². The van der Waals surface area contributed by atoms with Crippen LogP contribution in [0.25, 0.3) is 0 Å². The Hall–Kier alpha value is -4.13. The Morgan fingerprint density at radius 2 is 1.71 bits per heavy atom. The van der Waals surface area contributed by atoms with Gasteiger partial charge in [-0.15, -0.1) is 0 Å². The Morgan fingerprint density at radius 3 is 2.37 bits per heavy atom. The van der Waals surface area contributed by atoms with E-state index in [1.807, 2.05) is 56.3 Å². The van der Waals surface area contributed by atoms with Gasteiger partial charge in [-0.25, -0.2) is 0 Å². The van der Waals surface area contributed by atoms with E-state index in [1.54, 1.807) is 31.4 Å². The van der Waals surface area contributed by atoms with Crippen LogP contribution in [0.3, 0.4) is 0 Å². The first kappa shape index (κ1) is 24.0. The normalized spacial score (nSPS) is 14.3. The van der Waals surface area contributed by atoms with Gasteiger partial charge >= 0.3 is 0 Å². The molecule has 7 heteroatoms. The van der Waals surface area contributed by atoms with E-state index in [1.165, 1.54) is 11.8 Å². The third-order valence-electron chi connectivity index (χ3n) is 6.43. The molecule has 1 atom stereocenters. The van der Waals surface area contributed by atoms with Gasteiger partial charge in [0.1, 0.15) is 6.61 Å². The van der Waals surface area contributed by atoms with E-state index in [9.17, 15) is 14.4 Å². The fourth-order valence-corrected chi connectivity index (χ4v) is 4.38. The number of nitrogens with one attached hydrogen (secondary N) is 1. The summed E-state index contributed by atoms with van der Waals surface area (Å²) in [6, 6.07) is 20.2. The molecule has 3 aromatic rings. The van der Waals surface area contributed by atoms with Crippen LogP contribution in [0.2, 0.25) is 0 Å². The molecule has 0 spiro atoms. The standard InChI is InChI=1S/C28H28N2O5/c1-5-28(3,30-26(32)21-12-9-13-22(29-18(2)31)25(21)27(30)33)20-14-15-23(24(16-20)34-4)35-17-19-10-7-6-8-11-19/h6-16H,5,17H2,1-4H3,(H,29,31). The molecule has 7 nitrogen and oxygen atoms in total. The Labute approximate surface area is 204 Å². The number of nitrogens with zero attached hydrogens (tertiary/aromatic N) is 1. The molecule has 4 rings (SSSR count). The van der Waals surface area contributed by atoms with E-state index in [-0.39, 0.29) is 17.0 Å². The number of carbonyl (C=O) groups is 3. The van der Waals surface area contributed by atoms with Crippen LogP contribution in [-0.4, -0.2) is 29.7 Å². The monoisotopic (exact) mass is 472 g/mol. The Kier molecular flexibility index (Phi) is 6.60. The van der Waals surface area contributed by atoms with Crippen LogP contribution in [0.4, 0.5) is 5.69 Å². The molecular weight excluding hydrogens is 444 g/mol. The zero-order chi connectivity index (χ0) is 25.2. The summed E-state index contributed by atoms with van der Waals surface area (Å²) in [7, 11) is 1.56. The second-order valence-corrected chi connectivity index (χ2v) is 8.62. The molecule has 1 aliphatic heterocycles. The van der Waals surface area contributed by atoms with Crippen molar-refractivity contribution in [2.45, 2.75) is 39.3 Å². The maximum Gasteiger partial charge on any atom is 0.264 e. The highest BCUT2D eigenvalue weighted by atomic mass is 16.5. The molecule has 180 valence electrons. The number of imide groups is 1. The molecule has 0 aromatic heterocycles. The highest BCUT2D eigenvalue weighted by molar-refractivity contribution is 6.24. The van der Waals surface area contributed by atoms with Gasteiger partial charge in [0.2, 0.25) is 5.91 Å². The van der Waals surface area contributed by atoms with Crippen molar-refractivity contribution >= 4 is 23.4 Å². The maximum absolute atomic E-state index is 13.6. The van der Waals surface area contributed by atoms with Crippen LogP contribution < -0.4 is 14.8 Å². The van der Waals surface area contributed by atoms with Gasteiger partial charge in [-0.05, 0) is 48.7 Å². The molecule has 35 heavy (non-hydrogen) atoms. The van der Waals surface area contributed by atoms with Gasteiger partial charge in [0.25, 0.3) is 11.8 Å². The predicted octanol–water partition coefficient (Wildman–Crippen LogP) is 5.15. The maximum atomic E-state index is 13.6. The highest BCUT2D eigenvalue weighted by Gasteiger charge is 2.47. The number of hydrogen-bond donors (Lipinski definition) is 1. The van der Waals surface area contributed by atoms with Crippen molar-refractivity contribution in [1.29, 1.82) is 0 Å². The zero-order valence-corrected chi connectivity index (χ0v) is 20.3. The predicted molar refractivity (Wildman–Crippen MR) is 133 cm³/mol. The minimum Gasteiger partial charge on any atom is -0.493 e. The molecule has 1 N–H and O–H groups in total. The molecule has 1 unspecified atom stereocenters. The van der Waals surface area contributed by atoms with E-state index < -0.39 is 17.4 Å². The fourth-order valence-electron chi connectivity index (χ4n) is 4.38. The first-order chi connectivity index (χ1) is 16.8. The number of benzene rings is 3. The lowest BCUT2D eigenvalue weighted by Gasteiger charge is -2.37. The Bertz CT molecular complexity index is 1290. The second-order valence-electron chi connectivity index (χ2n) is 8.62. The number of fused-ring (bicyclic) bond motifs is 1. The van der Waals surface area contributed by atoms with Crippen LogP contribution >= 0.6 is 0 Å². The van der Waals surface area contributed by atoms with E-state index >= 15 is 0 Å². The average molecular weight is 473 g/mol. The summed E-state index contributed by atoms with van der Waals surface area (Å²) >= 11 is 0. The summed E-state index contributed by atoms with van der Waals surface area (Å²) in [6.07, 6.45) is 0.474. The van der Waals surface area contributed by atoms with Crippen molar-refractivity contribution in [1.82, 2.24) is 4.90 Å². The third kappa shape index (κ3) is 4.37. The van der Waals surface area contributed by atoms with E-state index in [0.717, 1.165) is 11.1 Å². The lowest BCUT2D eigenvalue weighted by Crippen LogP contribution is -2.47. The second kappa shape index (κ2) is 9.62. The minimum atomic E-state index is -0.952. The lowest BCUT2D eigenvalue weighted by molar-refractivity contribution is -0.114. The van der Waals surface area contributed by atoms with Gasteiger partial charge in [-0.3, -0.25) is 19.3 Å². The van der Waals surface area contributed by atoms with Crippen molar-refractivity contribution in [2.24, 2.45) is 0 Å². The molecule has 0 radical (unpaired) electrons. The molecule has 3 amide bonds. The fraction of sp³-hybridized carbons (Fsp3) is 0.250. The van der Waals surface area contributed by atoms with Gasteiger partial charge < -0.3 is 14.8 Å². The topological polar surface area (TPSA) is 84.9 Å². The van der Waals surface area contributed by atoms with Crippen LogP contribution in [0.15, 0.2) is 66.7 Å². The first-order valence-electron chi connectivity index (χ1n) is 11.4. The van der Waals surface area contributed by atoms with Crippen LogP contribution in [0.5, 0.6) is 11.5 Å². The molecular formula is C28H28N2O5. The Balaban J connectivity index is 1.68. The first-order valence-corrected chi connectivity index (χ1v) is 11.4. The molecule has 3 aromatic carbocycles. The van der Waals surface area contributed by atoms with Gasteiger partial charge in [0.15, 0.2) is 11.5 Å². The molecule has 0 aliphatic carbocycles. The van der Waals surface area contributed by atoms with Crippen molar-refractivity contribution < 1.29 is 23.9 Å². The summed E-state index contributed by atoms with van der Waals surface area (Å²) in [4.78, 5) is 39.9. The Morgan fingerprint density at radius 1 is 0.971 bits per heavy atom. The number of ether oxygens (including phenoxy) is 2.